The highest BCUT2D eigenvalue weighted by Crippen LogP contribution is 2.23. The predicted octanol–water partition coefficient (Wildman–Crippen LogP) is 3.02. The summed E-state index contributed by atoms with van der Waals surface area (Å²) in [5.41, 5.74) is 3.76. The number of hydrogen-bond acceptors (Lipinski definition) is 4. The molecule has 0 aliphatic carbocycles. The van der Waals surface area contributed by atoms with Crippen molar-refractivity contribution in [1.82, 2.24) is 4.31 Å². The predicted molar refractivity (Wildman–Crippen MR) is 103 cm³/mol. The number of benzene rings is 2. The normalized spacial score (nSPS) is 15.9. The summed E-state index contributed by atoms with van der Waals surface area (Å²) in [6.45, 7) is 7.60. The summed E-state index contributed by atoms with van der Waals surface area (Å²) in [4.78, 5) is 13.9. The van der Waals surface area contributed by atoms with E-state index in [1.54, 1.807) is 23.4 Å². The van der Waals surface area contributed by atoms with E-state index in [9.17, 15) is 13.2 Å². The first kappa shape index (κ1) is 18.6. The maximum absolute atomic E-state index is 12.9. The average Bonchev–Trinajstić information content (AvgIpc) is 2.64. The lowest BCUT2D eigenvalue weighted by Gasteiger charge is -2.35. The van der Waals surface area contributed by atoms with E-state index in [2.05, 4.69) is 4.90 Å². The van der Waals surface area contributed by atoms with E-state index in [0.717, 1.165) is 16.8 Å². The fraction of sp³-hybridized carbons (Fsp3) is 0.350. The van der Waals surface area contributed by atoms with Crippen molar-refractivity contribution in [3.8, 4) is 0 Å². The molecule has 6 heteroatoms. The molecule has 0 unspecified atom stereocenters. The minimum Gasteiger partial charge on any atom is -0.369 e. The van der Waals surface area contributed by atoms with Crippen LogP contribution in [0.5, 0.6) is 0 Å². The third kappa shape index (κ3) is 3.66. The summed E-state index contributed by atoms with van der Waals surface area (Å²) < 4.78 is 27.3. The number of hydrogen-bond donors (Lipinski definition) is 0. The van der Waals surface area contributed by atoms with Crippen molar-refractivity contribution in [2.45, 2.75) is 25.7 Å². The highest BCUT2D eigenvalue weighted by Gasteiger charge is 2.28. The SMILES string of the molecule is CC(=O)c1ccc(N2CCN(S(=O)(=O)c3ccc(C)c(C)c3)CC2)cc1. The molecule has 0 spiro atoms. The first-order valence-corrected chi connectivity index (χ1v) is 10.2. The van der Waals surface area contributed by atoms with Crippen LogP contribution in [0.1, 0.15) is 28.4 Å². The molecule has 0 amide bonds. The number of sulfonamides is 1. The molecule has 5 nitrogen and oxygen atoms in total. The van der Waals surface area contributed by atoms with Gasteiger partial charge in [0, 0.05) is 37.4 Å². The van der Waals surface area contributed by atoms with Crippen LogP contribution in [0.4, 0.5) is 5.69 Å². The van der Waals surface area contributed by atoms with Gasteiger partial charge in [-0.3, -0.25) is 4.79 Å². The Bertz CT molecular complexity index is 913. The van der Waals surface area contributed by atoms with Crippen LogP contribution < -0.4 is 4.90 Å². The highest BCUT2D eigenvalue weighted by molar-refractivity contribution is 7.89. The number of aryl methyl sites for hydroxylation is 2. The van der Waals surface area contributed by atoms with Crippen molar-refractivity contribution >= 4 is 21.5 Å². The number of rotatable bonds is 4. The Morgan fingerprint density at radius 2 is 1.50 bits per heavy atom. The monoisotopic (exact) mass is 372 g/mol. The first-order valence-electron chi connectivity index (χ1n) is 8.72. The van der Waals surface area contributed by atoms with Gasteiger partial charge in [0.2, 0.25) is 10.0 Å². The Labute approximate surface area is 155 Å². The number of Topliss-reactive ketones (excluding diaryl/α,β-unsaturated/α-hetero) is 1. The fourth-order valence-corrected chi connectivity index (χ4v) is 4.62. The van der Waals surface area contributed by atoms with Crippen molar-refractivity contribution in [3.63, 3.8) is 0 Å². The molecule has 0 bridgehead atoms. The molecule has 0 aromatic heterocycles. The number of nitrogens with zero attached hydrogens (tertiary/aromatic N) is 2. The maximum atomic E-state index is 12.9. The molecule has 1 aliphatic heterocycles. The molecular formula is C20H24N2O3S. The van der Waals surface area contributed by atoms with Gasteiger partial charge < -0.3 is 4.90 Å². The minimum absolute atomic E-state index is 0.0425. The zero-order valence-corrected chi connectivity index (χ0v) is 16.2. The first-order chi connectivity index (χ1) is 12.3. The van der Waals surface area contributed by atoms with Crippen LogP contribution in [0.15, 0.2) is 47.4 Å². The number of piperazine rings is 1. The molecule has 1 heterocycles. The van der Waals surface area contributed by atoms with Crippen molar-refractivity contribution in [2.75, 3.05) is 31.1 Å². The van der Waals surface area contributed by atoms with Gasteiger partial charge in [-0.25, -0.2) is 8.42 Å². The Hall–Kier alpha value is -2.18. The van der Waals surface area contributed by atoms with Gasteiger partial charge in [0.05, 0.1) is 4.90 Å². The third-order valence-corrected chi connectivity index (χ3v) is 6.89. The second kappa shape index (κ2) is 7.21. The highest BCUT2D eigenvalue weighted by atomic mass is 32.2. The zero-order valence-electron chi connectivity index (χ0n) is 15.4. The molecule has 2 aromatic rings. The summed E-state index contributed by atoms with van der Waals surface area (Å²) in [7, 11) is -3.46. The largest absolute Gasteiger partial charge is 0.369 e. The second-order valence-corrected chi connectivity index (χ2v) is 8.68. The van der Waals surface area contributed by atoms with Gasteiger partial charge in [-0.05, 0) is 68.3 Å². The van der Waals surface area contributed by atoms with Crippen LogP contribution in [0.25, 0.3) is 0 Å². The van der Waals surface area contributed by atoms with E-state index >= 15 is 0 Å². The summed E-state index contributed by atoms with van der Waals surface area (Å²) >= 11 is 0. The summed E-state index contributed by atoms with van der Waals surface area (Å²) in [6.07, 6.45) is 0. The van der Waals surface area contributed by atoms with Crippen LogP contribution >= 0.6 is 0 Å². The summed E-state index contributed by atoms with van der Waals surface area (Å²) in [5.74, 6) is 0.0425. The molecule has 1 aliphatic rings. The van der Waals surface area contributed by atoms with Gasteiger partial charge >= 0.3 is 0 Å². The van der Waals surface area contributed by atoms with Crippen LogP contribution in [0, 0.1) is 13.8 Å². The zero-order chi connectivity index (χ0) is 18.9. The summed E-state index contributed by atoms with van der Waals surface area (Å²) in [6, 6.07) is 12.8. The van der Waals surface area contributed by atoms with E-state index in [1.807, 2.05) is 44.2 Å². The van der Waals surface area contributed by atoms with Gasteiger partial charge in [0.25, 0.3) is 0 Å². The van der Waals surface area contributed by atoms with Crippen molar-refractivity contribution in [3.05, 3.63) is 59.2 Å². The Morgan fingerprint density at radius 1 is 0.885 bits per heavy atom. The molecule has 26 heavy (non-hydrogen) atoms. The molecular weight excluding hydrogens is 348 g/mol. The topological polar surface area (TPSA) is 57.7 Å². The average molecular weight is 372 g/mol. The maximum Gasteiger partial charge on any atom is 0.243 e. The molecule has 1 fully saturated rings. The lowest BCUT2D eigenvalue weighted by atomic mass is 10.1. The number of carbonyl (C=O) groups excluding carboxylic acids is 1. The summed E-state index contributed by atoms with van der Waals surface area (Å²) in [5, 5.41) is 0. The Morgan fingerprint density at radius 3 is 2.04 bits per heavy atom. The van der Waals surface area contributed by atoms with E-state index in [1.165, 1.54) is 0 Å². The molecule has 2 aromatic carbocycles. The van der Waals surface area contributed by atoms with E-state index in [-0.39, 0.29) is 5.78 Å². The Kier molecular flexibility index (Phi) is 5.16. The van der Waals surface area contributed by atoms with E-state index in [0.29, 0.717) is 36.6 Å². The van der Waals surface area contributed by atoms with Crippen LogP contribution in [-0.2, 0) is 10.0 Å². The van der Waals surface area contributed by atoms with Crippen molar-refractivity contribution in [2.24, 2.45) is 0 Å². The molecule has 138 valence electrons. The lowest BCUT2D eigenvalue weighted by molar-refractivity contribution is 0.101. The standard InChI is InChI=1S/C20H24N2O3S/c1-15-4-9-20(14-16(15)2)26(24,25)22-12-10-21(11-13-22)19-7-5-18(6-8-19)17(3)23/h4-9,14H,10-13H2,1-3H3. The number of ketones is 1. The number of carbonyl (C=O) groups is 1. The van der Waals surface area contributed by atoms with E-state index in [4.69, 9.17) is 0 Å². The van der Waals surface area contributed by atoms with E-state index < -0.39 is 10.0 Å². The smallest absolute Gasteiger partial charge is 0.243 e. The third-order valence-electron chi connectivity index (χ3n) is 4.99. The molecule has 0 N–H and O–H groups in total. The van der Waals surface area contributed by atoms with Gasteiger partial charge in [-0.1, -0.05) is 6.07 Å². The van der Waals surface area contributed by atoms with Crippen molar-refractivity contribution < 1.29 is 13.2 Å². The van der Waals surface area contributed by atoms with Crippen LogP contribution in [-0.4, -0.2) is 44.7 Å². The van der Waals surface area contributed by atoms with Crippen molar-refractivity contribution in [1.29, 1.82) is 0 Å². The van der Waals surface area contributed by atoms with Gasteiger partial charge in [0.1, 0.15) is 0 Å². The van der Waals surface area contributed by atoms with Gasteiger partial charge in [0.15, 0.2) is 5.78 Å². The number of anilines is 1. The fourth-order valence-electron chi connectivity index (χ4n) is 3.12. The van der Waals surface area contributed by atoms with Gasteiger partial charge in [-0.2, -0.15) is 4.31 Å². The Balaban J connectivity index is 1.71. The quantitative estimate of drug-likeness (QED) is 0.774. The second-order valence-electron chi connectivity index (χ2n) is 6.74. The molecule has 3 rings (SSSR count). The van der Waals surface area contributed by atoms with Gasteiger partial charge in [-0.15, -0.1) is 0 Å². The molecule has 0 atom stereocenters. The lowest BCUT2D eigenvalue weighted by Crippen LogP contribution is -2.48. The van der Waals surface area contributed by atoms with Crippen LogP contribution in [0.3, 0.4) is 0 Å². The van der Waals surface area contributed by atoms with Crippen LogP contribution in [0.2, 0.25) is 0 Å². The molecule has 0 saturated carbocycles. The molecule has 0 radical (unpaired) electrons. The minimum atomic E-state index is -3.46. The molecule has 1 saturated heterocycles.